The van der Waals surface area contributed by atoms with Gasteiger partial charge in [-0.15, -0.1) is 0 Å². The van der Waals surface area contributed by atoms with Crippen molar-refractivity contribution in [2.75, 3.05) is 33.0 Å². The van der Waals surface area contributed by atoms with E-state index >= 15 is 0 Å². The highest BCUT2D eigenvalue weighted by Crippen LogP contribution is 2.20. The highest BCUT2D eigenvalue weighted by Gasteiger charge is 2.29. The minimum absolute atomic E-state index is 0.304. The van der Waals surface area contributed by atoms with Crippen LogP contribution >= 0.6 is 0 Å². The first-order valence-corrected chi connectivity index (χ1v) is 9.74. The molecular formula is C17H26N2O3S. The molecule has 0 amide bonds. The molecule has 1 N–H and O–H groups in total. The van der Waals surface area contributed by atoms with Crippen molar-refractivity contribution >= 4 is 16.1 Å². The number of methoxy groups -OCH3 is 1. The highest BCUT2D eigenvalue weighted by molar-refractivity contribution is 7.88. The molecule has 2 rings (SSSR count). The number of nitrogens with zero attached hydrogens (tertiary/aromatic N) is 1. The first-order chi connectivity index (χ1) is 10.9. The van der Waals surface area contributed by atoms with E-state index in [2.05, 4.69) is 18.3 Å². The van der Waals surface area contributed by atoms with Gasteiger partial charge in [-0.25, -0.2) is 12.7 Å². The molecule has 5 nitrogen and oxygen atoms in total. The van der Waals surface area contributed by atoms with Crippen LogP contribution in [0, 0.1) is 5.92 Å². The van der Waals surface area contributed by atoms with Crippen LogP contribution in [0.25, 0.3) is 6.08 Å². The predicted molar refractivity (Wildman–Crippen MR) is 94.0 cm³/mol. The molecule has 1 aliphatic rings. The Hall–Kier alpha value is -1.37. The number of nitrogens with one attached hydrogen (secondary N) is 1. The second kappa shape index (κ2) is 7.95. The van der Waals surface area contributed by atoms with Crippen molar-refractivity contribution < 1.29 is 13.2 Å². The van der Waals surface area contributed by atoms with Gasteiger partial charge in [-0.05, 0) is 18.4 Å². The van der Waals surface area contributed by atoms with E-state index in [-0.39, 0.29) is 0 Å². The van der Waals surface area contributed by atoms with Crippen molar-refractivity contribution in [1.82, 2.24) is 9.62 Å². The molecule has 2 atom stereocenters. The molecule has 0 aliphatic carbocycles. The lowest BCUT2D eigenvalue weighted by Crippen LogP contribution is -2.49. The summed E-state index contributed by atoms with van der Waals surface area (Å²) in [6.07, 6.45) is 6.25. The minimum atomic E-state index is -3.07. The summed E-state index contributed by atoms with van der Waals surface area (Å²) in [7, 11) is -1.40. The summed E-state index contributed by atoms with van der Waals surface area (Å²) in [5, 5.41) is 3.50. The maximum absolute atomic E-state index is 11.6. The molecular weight excluding hydrogens is 312 g/mol. The largest absolute Gasteiger partial charge is 0.496 e. The van der Waals surface area contributed by atoms with E-state index in [9.17, 15) is 8.42 Å². The topological polar surface area (TPSA) is 58.6 Å². The van der Waals surface area contributed by atoms with Gasteiger partial charge in [0.25, 0.3) is 0 Å². The normalized spacial score (nSPS) is 23.3. The Morgan fingerprint density at radius 3 is 2.78 bits per heavy atom. The molecule has 1 fully saturated rings. The van der Waals surface area contributed by atoms with Crippen LogP contribution in [0.4, 0.5) is 0 Å². The van der Waals surface area contributed by atoms with Crippen molar-refractivity contribution in [2.24, 2.45) is 5.92 Å². The molecule has 1 aliphatic heterocycles. The molecule has 1 aromatic carbocycles. The molecule has 0 spiro atoms. The molecule has 1 saturated heterocycles. The van der Waals surface area contributed by atoms with Gasteiger partial charge in [0.05, 0.1) is 13.4 Å². The third kappa shape index (κ3) is 5.06. The van der Waals surface area contributed by atoms with E-state index in [1.54, 1.807) is 11.4 Å². The third-order valence-electron chi connectivity index (χ3n) is 4.27. The van der Waals surface area contributed by atoms with Crippen molar-refractivity contribution in [3.05, 3.63) is 35.9 Å². The van der Waals surface area contributed by atoms with Crippen molar-refractivity contribution in [2.45, 2.75) is 19.4 Å². The van der Waals surface area contributed by atoms with Crippen LogP contribution in [-0.4, -0.2) is 51.8 Å². The third-order valence-corrected chi connectivity index (χ3v) is 5.54. The van der Waals surface area contributed by atoms with Gasteiger partial charge in [0.15, 0.2) is 0 Å². The van der Waals surface area contributed by atoms with E-state index in [0.717, 1.165) is 24.3 Å². The van der Waals surface area contributed by atoms with Crippen molar-refractivity contribution in [3.63, 3.8) is 0 Å². The van der Waals surface area contributed by atoms with Crippen LogP contribution in [0.3, 0.4) is 0 Å². The van der Waals surface area contributed by atoms with Gasteiger partial charge < -0.3 is 10.1 Å². The predicted octanol–water partition coefficient (Wildman–Crippen LogP) is 1.97. The molecule has 1 heterocycles. The minimum Gasteiger partial charge on any atom is -0.496 e. The fourth-order valence-electron chi connectivity index (χ4n) is 2.92. The summed E-state index contributed by atoms with van der Waals surface area (Å²) in [6.45, 7) is 4.04. The van der Waals surface area contributed by atoms with Gasteiger partial charge in [-0.3, -0.25) is 0 Å². The van der Waals surface area contributed by atoms with Crippen LogP contribution in [-0.2, 0) is 10.0 Å². The number of para-hydroxylation sites is 1. The molecule has 128 valence electrons. The van der Waals surface area contributed by atoms with Gasteiger partial charge in [0.2, 0.25) is 10.0 Å². The summed E-state index contributed by atoms with van der Waals surface area (Å²) in [5.74, 6) is 1.16. The number of sulfonamides is 1. The van der Waals surface area contributed by atoms with Gasteiger partial charge >= 0.3 is 0 Å². The van der Waals surface area contributed by atoms with Crippen LogP contribution in [0.1, 0.15) is 18.9 Å². The van der Waals surface area contributed by atoms with Gasteiger partial charge in [0.1, 0.15) is 5.75 Å². The number of ether oxygens (including phenoxy) is 1. The number of rotatable bonds is 6. The number of piperidine rings is 1. The summed E-state index contributed by atoms with van der Waals surface area (Å²) in [4.78, 5) is 0. The van der Waals surface area contributed by atoms with Crippen LogP contribution < -0.4 is 10.1 Å². The van der Waals surface area contributed by atoms with Crippen LogP contribution in [0.2, 0.25) is 0 Å². The summed E-state index contributed by atoms with van der Waals surface area (Å²) < 4.78 is 30.1. The van der Waals surface area contributed by atoms with E-state index in [1.807, 2.05) is 30.3 Å². The second-order valence-corrected chi connectivity index (χ2v) is 8.03. The molecule has 0 aromatic heterocycles. The first-order valence-electron chi connectivity index (χ1n) is 7.90. The van der Waals surface area contributed by atoms with Gasteiger partial charge in [0, 0.05) is 31.2 Å². The Balaban J connectivity index is 1.84. The van der Waals surface area contributed by atoms with E-state index in [4.69, 9.17) is 4.74 Å². The van der Waals surface area contributed by atoms with E-state index < -0.39 is 10.0 Å². The average molecular weight is 338 g/mol. The zero-order chi connectivity index (χ0) is 16.9. The van der Waals surface area contributed by atoms with Crippen LogP contribution in [0.5, 0.6) is 5.75 Å². The lowest BCUT2D eigenvalue weighted by molar-refractivity contribution is 0.225. The number of hydrogen-bond donors (Lipinski definition) is 1. The number of benzene rings is 1. The quantitative estimate of drug-likeness (QED) is 0.861. The monoisotopic (exact) mass is 338 g/mol. The Morgan fingerprint density at radius 2 is 2.13 bits per heavy atom. The molecule has 23 heavy (non-hydrogen) atoms. The van der Waals surface area contributed by atoms with Gasteiger partial charge in [-0.2, -0.15) is 0 Å². The first kappa shape index (κ1) is 18.0. The smallest absolute Gasteiger partial charge is 0.211 e. The summed E-state index contributed by atoms with van der Waals surface area (Å²) in [6, 6.07) is 8.23. The zero-order valence-corrected chi connectivity index (χ0v) is 14.8. The fraction of sp³-hybridized carbons (Fsp3) is 0.529. The molecule has 0 unspecified atom stereocenters. The summed E-state index contributed by atoms with van der Waals surface area (Å²) in [5.41, 5.74) is 1.05. The molecule has 1 aromatic rings. The van der Waals surface area contributed by atoms with E-state index in [1.165, 1.54) is 6.26 Å². The van der Waals surface area contributed by atoms with Gasteiger partial charge in [-0.1, -0.05) is 37.3 Å². The Bertz CT molecular complexity index is 643. The molecule has 0 bridgehead atoms. The fourth-order valence-corrected chi connectivity index (χ4v) is 3.86. The standard InChI is InChI=1S/C17H26N2O3S/c1-14-13-19(23(3,20)21)12-10-16(14)18-11-6-8-15-7-4-5-9-17(15)22-2/h4-9,14,16,18H,10-13H2,1-3H3/b8-6-/t14-,16-/m1/s1. The Morgan fingerprint density at radius 1 is 1.39 bits per heavy atom. The SMILES string of the molecule is COc1ccccc1/C=C\CN[C@@H]1CCN(S(C)(=O)=O)C[C@H]1C. The van der Waals surface area contributed by atoms with Crippen LogP contribution in [0.15, 0.2) is 30.3 Å². The highest BCUT2D eigenvalue weighted by atomic mass is 32.2. The lowest BCUT2D eigenvalue weighted by atomic mass is 9.95. The molecule has 0 saturated carbocycles. The maximum Gasteiger partial charge on any atom is 0.211 e. The molecule has 0 radical (unpaired) electrons. The van der Waals surface area contributed by atoms with Crippen molar-refractivity contribution in [1.29, 1.82) is 0 Å². The average Bonchev–Trinajstić information content (AvgIpc) is 2.52. The Kier molecular flexibility index (Phi) is 6.21. The number of hydrogen-bond acceptors (Lipinski definition) is 4. The lowest BCUT2D eigenvalue weighted by Gasteiger charge is -2.35. The van der Waals surface area contributed by atoms with Crippen molar-refractivity contribution in [3.8, 4) is 5.75 Å². The second-order valence-electron chi connectivity index (χ2n) is 6.05. The zero-order valence-electron chi connectivity index (χ0n) is 14.0. The maximum atomic E-state index is 11.6. The van der Waals surface area contributed by atoms with E-state index in [0.29, 0.717) is 25.0 Å². The molecule has 6 heteroatoms. The Labute approximate surface area is 139 Å². The summed E-state index contributed by atoms with van der Waals surface area (Å²) >= 11 is 0.